The number of aromatic nitrogens is 2. The van der Waals surface area contributed by atoms with Crippen molar-refractivity contribution in [2.75, 3.05) is 31.8 Å². The van der Waals surface area contributed by atoms with E-state index >= 15 is 0 Å². The third-order valence-electron chi connectivity index (χ3n) is 2.02. The Hall–Kier alpha value is -1.01. The van der Waals surface area contributed by atoms with Crippen LogP contribution in [0.15, 0.2) is 11.2 Å². The molecule has 0 radical (unpaired) electrons. The Morgan fingerprint density at radius 2 is 2.33 bits per heavy atom. The molecule has 6 heteroatoms. The van der Waals surface area contributed by atoms with Crippen LogP contribution >= 0.6 is 11.8 Å². The van der Waals surface area contributed by atoms with Gasteiger partial charge in [-0.1, -0.05) is 11.8 Å². The van der Waals surface area contributed by atoms with Gasteiger partial charge in [0.2, 0.25) is 5.88 Å². The highest BCUT2D eigenvalue weighted by Crippen LogP contribution is 2.20. The van der Waals surface area contributed by atoms with Gasteiger partial charge in [-0.25, -0.2) is 4.98 Å². The van der Waals surface area contributed by atoms with Gasteiger partial charge in [0, 0.05) is 13.1 Å². The van der Waals surface area contributed by atoms with E-state index < -0.39 is 0 Å². The zero-order chi connectivity index (χ0) is 10.7. The van der Waals surface area contributed by atoms with Gasteiger partial charge in [0.1, 0.15) is 11.9 Å². The molecule has 2 rings (SSSR count). The number of hydrogen-bond acceptors (Lipinski definition) is 6. The van der Waals surface area contributed by atoms with Crippen LogP contribution in [0.4, 0.5) is 5.82 Å². The normalized spacial score (nSPS) is 15.9. The maximum atomic E-state index is 5.61. The Morgan fingerprint density at radius 3 is 2.87 bits per heavy atom. The smallest absolute Gasteiger partial charge is 0.219 e. The molecule has 15 heavy (non-hydrogen) atoms. The number of ether oxygens (including phenoxy) is 2. The van der Waals surface area contributed by atoms with E-state index in [2.05, 4.69) is 15.3 Å². The van der Waals surface area contributed by atoms with Gasteiger partial charge in [0.05, 0.1) is 13.2 Å². The summed E-state index contributed by atoms with van der Waals surface area (Å²) < 4.78 is 10.6. The summed E-state index contributed by atoms with van der Waals surface area (Å²) in [4.78, 5) is 8.51. The molecule has 2 heterocycles. The lowest BCUT2D eigenvalue weighted by Gasteiger charge is -2.26. The SMILES string of the molecule is CNc1cc(OC2COC2)nc(SC)n1. The minimum absolute atomic E-state index is 0.138. The zero-order valence-electron chi connectivity index (χ0n) is 8.69. The van der Waals surface area contributed by atoms with Crippen molar-refractivity contribution in [3.63, 3.8) is 0 Å². The van der Waals surface area contributed by atoms with Crippen LogP contribution in [0, 0.1) is 0 Å². The molecule has 0 saturated carbocycles. The Labute approximate surface area is 92.6 Å². The number of anilines is 1. The Balaban J connectivity index is 2.13. The van der Waals surface area contributed by atoms with E-state index in [1.165, 1.54) is 11.8 Å². The molecule has 0 aliphatic carbocycles. The topological polar surface area (TPSA) is 56.3 Å². The summed E-state index contributed by atoms with van der Waals surface area (Å²) in [5.74, 6) is 1.37. The molecule has 0 aromatic carbocycles. The monoisotopic (exact) mass is 227 g/mol. The van der Waals surface area contributed by atoms with Crippen LogP contribution in [0.1, 0.15) is 0 Å². The van der Waals surface area contributed by atoms with Gasteiger partial charge in [-0.2, -0.15) is 4.98 Å². The van der Waals surface area contributed by atoms with Crippen molar-refractivity contribution < 1.29 is 9.47 Å². The molecule has 5 nitrogen and oxygen atoms in total. The molecule has 1 saturated heterocycles. The van der Waals surface area contributed by atoms with Crippen molar-refractivity contribution in [2.45, 2.75) is 11.3 Å². The lowest BCUT2D eigenvalue weighted by molar-refractivity contribution is -0.0815. The Morgan fingerprint density at radius 1 is 1.53 bits per heavy atom. The number of nitrogens with one attached hydrogen (secondary N) is 1. The Kier molecular flexibility index (Phi) is 3.27. The molecule has 0 bridgehead atoms. The minimum Gasteiger partial charge on any atom is -0.469 e. The quantitative estimate of drug-likeness (QED) is 0.612. The minimum atomic E-state index is 0.138. The molecule has 1 fully saturated rings. The van der Waals surface area contributed by atoms with Gasteiger partial charge >= 0.3 is 0 Å². The third-order valence-corrected chi connectivity index (χ3v) is 2.56. The fraction of sp³-hybridized carbons (Fsp3) is 0.556. The van der Waals surface area contributed by atoms with Crippen LogP contribution in [0.3, 0.4) is 0 Å². The second-order valence-corrected chi connectivity index (χ2v) is 3.88. The van der Waals surface area contributed by atoms with Crippen molar-refractivity contribution in [1.82, 2.24) is 9.97 Å². The second kappa shape index (κ2) is 4.67. The Bertz CT molecular complexity index is 322. The van der Waals surface area contributed by atoms with Crippen LogP contribution in [0.25, 0.3) is 0 Å². The van der Waals surface area contributed by atoms with Crippen LogP contribution in [0.2, 0.25) is 0 Å². The summed E-state index contributed by atoms with van der Waals surface area (Å²) in [6.07, 6.45) is 2.07. The maximum Gasteiger partial charge on any atom is 0.219 e. The number of hydrogen-bond donors (Lipinski definition) is 1. The molecule has 1 aromatic heterocycles. The fourth-order valence-corrected chi connectivity index (χ4v) is 1.51. The van der Waals surface area contributed by atoms with Crippen molar-refractivity contribution in [2.24, 2.45) is 0 Å². The average Bonchev–Trinajstić information content (AvgIpc) is 2.23. The molecule has 0 spiro atoms. The van der Waals surface area contributed by atoms with Gasteiger partial charge in [-0.3, -0.25) is 0 Å². The van der Waals surface area contributed by atoms with Crippen LogP contribution in [-0.4, -0.2) is 42.6 Å². The summed E-state index contributed by atoms with van der Waals surface area (Å²) in [6, 6.07) is 1.79. The van der Waals surface area contributed by atoms with E-state index in [-0.39, 0.29) is 6.10 Å². The second-order valence-electron chi connectivity index (χ2n) is 3.11. The third kappa shape index (κ3) is 2.51. The summed E-state index contributed by atoms with van der Waals surface area (Å²) in [7, 11) is 1.82. The highest BCUT2D eigenvalue weighted by molar-refractivity contribution is 7.98. The zero-order valence-corrected chi connectivity index (χ0v) is 9.50. The first kappa shape index (κ1) is 10.5. The molecule has 1 aliphatic rings. The molecule has 0 amide bonds. The molecular weight excluding hydrogens is 214 g/mol. The molecule has 1 aromatic rings. The first-order valence-corrected chi connectivity index (χ1v) is 5.89. The predicted octanol–water partition coefficient (Wildman–Crippen LogP) is 1.02. The molecule has 0 unspecified atom stereocenters. The van der Waals surface area contributed by atoms with Gasteiger partial charge in [-0.15, -0.1) is 0 Å². The van der Waals surface area contributed by atoms with Crippen molar-refractivity contribution in [1.29, 1.82) is 0 Å². The summed E-state index contributed by atoms with van der Waals surface area (Å²) in [5.41, 5.74) is 0. The van der Waals surface area contributed by atoms with Gasteiger partial charge < -0.3 is 14.8 Å². The highest BCUT2D eigenvalue weighted by atomic mass is 32.2. The lowest BCUT2D eigenvalue weighted by Crippen LogP contribution is -2.38. The summed E-state index contributed by atoms with van der Waals surface area (Å²) in [6.45, 7) is 1.29. The van der Waals surface area contributed by atoms with Crippen molar-refractivity contribution in [3.05, 3.63) is 6.07 Å². The van der Waals surface area contributed by atoms with Crippen molar-refractivity contribution >= 4 is 17.6 Å². The van der Waals surface area contributed by atoms with Crippen LogP contribution in [-0.2, 0) is 4.74 Å². The average molecular weight is 227 g/mol. The molecular formula is C9H13N3O2S. The first-order chi connectivity index (χ1) is 7.31. The number of thioether (sulfide) groups is 1. The largest absolute Gasteiger partial charge is 0.469 e. The predicted molar refractivity (Wildman–Crippen MR) is 58.6 cm³/mol. The van der Waals surface area contributed by atoms with E-state index in [4.69, 9.17) is 9.47 Å². The molecule has 1 N–H and O–H groups in total. The van der Waals surface area contributed by atoms with Gasteiger partial charge in [0.25, 0.3) is 0 Å². The number of nitrogens with zero attached hydrogens (tertiary/aromatic N) is 2. The van der Waals surface area contributed by atoms with Crippen LogP contribution < -0.4 is 10.1 Å². The van der Waals surface area contributed by atoms with Crippen molar-refractivity contribution in [3.8, 4) is 5.88 Å². The van der Waals surface area contributed by atoms with E-state index in [1.807, 2.05) is 13.3 Å². The standard InChI is InChI=1S/C9H13N3O2S/c1-10-7-3-8(12-9(11-7)15-2)14-6-4-13-5-6/h3,6H,4-5H2,1-2H3,(H,10,11,12). The van der Waals surface area contributed by atoms with Crippen LogP contribution in [0.5, 0.6) is 5.88 Å². The molecule has 1 aliphatic heterocycles. The summed E-state index contributed by atoms with van der Waals surface area (Å²) in [5, 5.41) is 3.68. The fourth-order valence-electron chi connectivity index (χ4n) is 1.14. The highest BCUT2D eigenvalue weighted by Gasteiger charge is 2.21. The van der Waals surface area contributed by atoms with Gasteiger partial charge in [0.15, 0.2) is 5.16 Å². The van der Waals surface area contributed by atoms with E-state index in [1.54, 1.807) is 6.07 Å². The lowest BCUT2D eigenvalue weighted by atomic mass is 10.3. The molecule has 82 valence electrons. The van der Waals surface area contributed by atoms with E-state index in [0.717, 1.165) is 5.82 Å². The summed E-state index contributed by atoms with van der Waals surface area (Å²) >= 11 is 1.49. The van der Waals surface area contributed by atoms with E-state index in [9.17, 15) is 0 Å². The first-order valence-electron chi connectivity index (χ1n) is 4.67. The van der Waals surface area contributed by atoms with E-state index in [0.29, 0.717) is 24.3 Å². The number of rotatable bonds is 4. The molecule has 0 atom stereocenters. The maximum absolute atomic E-state index is 5.61. The van der Waals surface area contributed by atoms with Gasteiger partial charge in [-0.05, 0) is 6.26 Å².